The van der Waals surface area contributed by atoms with E-state index in [1.54, 1.807) is 6.92 Å². The summed E-state index contributed by atoms with van der Waals surface area (Å²) < 4.78 is 39.3. The van der Waals surface area contributed by atoms with E-state index in [-0.39, 0.29) is 17.7 Å². The van der Waals surface area contributed by atoms with E-state index in [0.717, 1.165) is 6.07 Å². The van der Waals surface area contributed by atoms with Crippen LogP contribution in [-0.4, -0.2) is 25.9 Å². The Labute approximate surface area is 108 Å². The lowest BCUT2D eigenvalue weighted by molar-refractivity contribution is -0.387. The van der Waals surface area contributed by atoms with Gasteiger partial charge in [0.2, 0.25) is 0 Å². The van der Waals surface area contributed by atoms with Gasteiger partial charge in [0.05, 0.1) is 17.1 Å². The van der Waals surface area contributed by atoms with Crippen LogP contribution in [0, 0.1) is 17.0 Å². The van der Waals surface area contributed by atoms with Crippen molar-refractivity contribution in [1.29, 1.82) is 0 Å². The summed E-state index contributed by atoms with van der Waals surface area (Å²) in [5.74, 6) is -0.842. The molecule has 0 saturated heterocycles. The molecule has 0 unspecified atom stereocenters. The fourth-order valence-electron chi connectivity index (χ4n) is 1.44. The number of nitro benzene ring substituents is 1. The van der Waals surface area contributed by atoms with Gasteiger partial charge in [0, 0.05) is 6.07 Å². The fourth-order valence-corrected chi connectivity index (χ4v) is 2.14. The predicted molar refractivity (Wildman–Crippen MR) is 62.1 cm³/mol. The molecule has 1 aromatic rings. The van der Waals surface area contributed by atoms with Gasteiger partial charge < -0.3 is 4.74 Å². The van der Waals surface area contributed by atoms with Gasteiger partial charge in [0.15, 0.2) is 4.90 Å². The summed E-state index contributed by atoms with van der Waals surface area (Å²) in [6.07, 6.45) is 0. The van der Waals surface area contributed by atoms with Crippen LogP contribution in [0.5, 0.6) is 0 Å². The summed E-state index contributed by atoms with van der Waals surface area (Å²) in [7, 11) is -5.25. The van der Waals surface area contributed by atoms with Crippen LogP contribution in [0.4, 0.5) is 9.57 Å². The summed E-state index contributed by atoms with van der Waals surface area (Å²) in [6, 6.07) is 1.43. The zero-order chi connectivity index (χ0) is 14.8. The van der Waals surface area contributed by atoms with E-state index in [2.05, 4.69) is 4.74 Å². The van der Waals surface area contributed by atoms with Gasteiger partial charge in [-0.2, -0.15) is 8.42 Å². The van der Waals surface area contributed by atoms with Crippen molar-refractivity contribution in [2.45, 2.75) is 18.7 Å². The van der Waals surface area contributed by atoms with Crippen molar-refractivity contribution < 1.29 is 26.8 Å². The highest BCUT2D eigenvalue weighted by atomic mass is 32.3. The van der Waals surface area contributed by atoms with Crippen LogP contribution in [-0.2, 0) is 15.0 Å². The number of carbonyl (C=O) groups is 1. The lowest BCUT2D eigenvalue weighted by Gasteiger charge is -2.07. The van der Waals surface area contributed by atoms with Gasteiger partial charge >= 0.3 is 16.2 Å². The van der Waals surface area contributed by atoms with Crippen molar-refractivity contribution in [3.8, 4) is 0 Å². The summed E-state index contributed by atoms with van der Waals surface area (Å²) in [6.45, 7) is 2.92. The number of aryl methyl sites for hydroxylation is 1. The third-order valence-corrected chi connectivity index (χ3v) is 3.11. The van der Waals surface area contributed by atoms with Gasteiger partial charge in [0.1, 0.15) is 0 Å². The molecule has 0 bridgehead atoms. The molecule has 0 N–H and O–H groups in total. The minimum Gasteiger partial charge on any atom is -0.462 e. The van der Waals surface area contributed by atoms with Gasteiger partial charge in [0.25, 0.3) is 5.69 Å². The molecule has 0 aliphatic rings. The average Bonchev–Trinajstić information content (AvgIpc) is 2.27. The molecule has 1 aromatic carbocycles. The van der Waals surface area contributed by atoms with Crippen molar-refractivity contribution in [2.75, 3.05) is 6.61 Å². The Bertz CT molecular complexity index is 640. The molecule has 19 heavy (non-hydrogen) atoms. The Kier molecular flexibility index (Phi) is 4.20. The molecule has 0 fully saturated rings. The molecule has 7 nitrogen and oxygen atoms in total. The third kappa shape index (κ3) is 3.25. The maximum Gasteiger partial charge on any atom is 0.338 e. The monoisotopic (exact) mass is 291 g/mol. The molecule has 104 valence electrons. The number of rotatable bonds is 4. The van der Waals surface area contributed by atoms with Crippen LogP contribution in [0.1, 0.15) is 22.8 Å². The Morgan fingerprint density at radius 2 is 2.05 bits per heavy atom. The van der Waals surface area contributed by atoms with Gasteiger partial charge in [-0.3, -0.25) is 10.1 Å². The highest BCUT2D eigenvalue weighted by Crippen LogP contribution is 2.29. The van der Waals surface area contributed by atoms with Crippen LogP contribution >= 0.6 is 0 Å². The number of hydrogen-bond acceptors (Lipinski definition) is 6. The highest BCUT2D eigenvalue weighted by Gasteiger charge is 2.28. The first kappa shape index (κ1) is 15.0. The van der Waals surface area contributed by atoms with Crippen LogP contribution in [0.2, 0.25) is 0 Å². The number of halogens is 1. The first-order valence-corrected chi connectivity index (χ1v) is 6.47. The number of hydrogen-bond donors (Lipinski definition) is 0. The van der Waals surface area contributed by atoms with E-state index in [9.17, 15) is 27.2 Å². The van der Waals surface area contributed by atoms with Crippen molar-refractivity contribution in [3.63, 3.8) is 0 Å². The Balaban J connectivity index is 3.55. The number of carbonyl (C=O) groups excluding carboxylic acids is 1. The quantitative estimate of drug-likeness (QED) is 0.362. The minimum absolute atomic E-state index is 0.0508. The van der Waals surface area contributed by atoms with Crippen LogP contribution < -0.4 is 0 Å². The smallest absolute Gasteiger partial charge is 0.338 e. The number of nitro groups is 1. The molecule has 9 heteroatoms. The van der Waals surface area contributed by atoms with E-state index in [1.807, 2.05) is 0 Å². The van der Waals surface area contributed by atoms with Crippen molar-refractivity contribution in [3.05, 3.63) is 33.4 Å². The molecule has 0 aliphatic carbocycles. The first-order chi connectivity index (χ1) is 8.68. The molecular weight excluding hydrogens is 281 g/mol. The topological polar surface area (TPSA) is 104 Å². The normalized spacial score (nSPS) is 11.1. The van der Waals surface area contributed by atoms with Gasteiger partial charge in [-0.05, 0) is 25.5 Å². The summed E-state index contributed by atoms with van der Waals surface area (Å²) in [5.41, 5.74) is -1.11. The second kappa shape index (κ2) is 5.31. The maximum absolute atomic E-state index is 13.0. The van der Waals surface area contributed by atoms with Gasteiger partial charge in [-0.25, -0.2) is 4.79 Å². The molecule has 0 radical (unpaired) electrons. The summed E-state index contributed by atoms with van der Waals surface area (Å²) in [4.78, 5) is 20.1. The summed E-state index contributed by atoms with van der Waals surface area (Å²) >= 11 is 0. The van der Waals surface area contributed by atoms with E-state index < -0.39 is 31.7 Å². The Morgan fingerprint density at radius 3 is 2.47 bits per heavy atom. The fraction of sp³-hybridized carbons (Fsp3) is 0.300. The third-order valence-electron chi connectivity index (χ3n) is 2.26. The zero-order valence-corrected chi connectivity index (χ0v) is 10.9. The minimum atomic E-state index is -5.25. The van der Waals surface area contributed by atoms with E-state index in [1.165, 1.54) is 6.92 Å². The van der Waals surface area contributed by atoms with Gasteiger partial charge in [-0.15, -0.1) is 3.89 Å². The van der Waals surface area contributed by atoms with Crippen molar-refractivity contribution in [1.82, 2.24) is 0 Å². The zero-order valence-electron chi connectivity index (χ0n) is 10.0. The highest BCUT2D eigenvalue weighted by molar-refractivity contribution is 7.86. The molecule has 0 spiro atoms. The summed E-state index contributed by atoms with van der Waals surface area (Å²) in [5, 5.41) is 10.7. The molecule has 0 aliphatic heterocycles. The van der Waals surface area contributed by atoms with E-state index in [0.29, 0.717) is 6.07 Å². The molecular formula is C10H10FNO6S. The van der Waals surface area contributed by atoms with E-state index >= 15 is 0 Å². The molecule has 0 amide bonds. The van der Waals surface area contributed by atoms with Crippen molar-refractivity contribution in [2.24, 2.45) is 0 Å². The maximum atomic E-state index is 13.0. The SMILES string of the molecule is CCOC(=O)c1cc([N+](=O)[O-])c(S(=O)(=O)F)cc1C. The Hall–Kier alpha value is -2.03. The second-order valence-corrected chi connectivity index (χ2v) is 4.87. The molecule has 0 heterocycles. The predicted octanol–water partition coefficient (Wildman–Crippen LogP) is 1.74. The van der Waals surface area contributed by atoms with Crippen LogP contribution in [0.3, 0.4) is 0 Å². The number of esters is 1. The lowest BCUT2D eigenvalue weighted by Crippen LogP contribution is -2.09. The number of benzene rings is 1. The van der Waals surface area contributed by atoms with Crippen LogP contribution in [0.25, 0.3) is 0 Å². The molecule has 0 atom stereocenters. The van der Waals surface area contributed by atoms with E-state index in [4.69, 9.17) is 0 Å². The largest absolute Gasteiger partial charge is 0.462 e. The Morgan fingerprint density at radius 1 is 1.47 bits per heavy atom. The molecule has 0 saturated carbocycles. The van der Waals surface area contributed by atoms with Gasteiger partial charge in [-0.1, -0.05) is 0 Å². The second-order valence-electron chi connectivity index (χ2n) is 3.55. The lowest BCUT2D eigenvalue weighted by atomic mass is 10.1. The number of ether oxygens (including phenoxy) is 1. The van der Waals surface area contributed by atoms with Crippen molar-refractivity contribution >= 4 is 21.9 Å². The standard InChI is InChI=1S/C10H10FNO6S/c1-3-18-10(13)7-5-8(12(14)15)9(4-6(7)2)19(11,16)17/h4-5H,3H2,1-2H3. The van der Waals surface area contributed by atoms with Crippen LogP contribution in [0.15, 0.2) is 17.0 Å². The molecule has 1 rings (SSSR count). The average molecular weight is 291 g/mol. The first-order valence-electron chi connectivity index (χ1n) is 5.09. The molecule has 0 aromatic heterocycles. The number of nitrogens with zero attached hydrogens (tertiary/aromatic N) is 1.